The summed E-state index contributed by atoms with van der Waals surface area (Å²) in [5, 5.41) is 0. The van der Waals surface area contributed by atoms with Gasteiger partial charge in [0.1, 0.15) is 0 Å². The van der Waals surface area contributed by atoms with Gasteiger partial charge in [0.05, 0.1) is 28.5 Å². The summed E-state index contributed by atoms with van der Waals surface area (Å²) in [7, 11) is 3.97. The Balaban J connectivity index is 1.89. The highest BCUT2D eigenvalue weighted by Gasteiger charge is 2.33. The van der Waals surface area contributed by atoms with Crippen molar-refractivity contribution >= 4 is 29.1 Å². The third-order valence-electron chi connectivity index (χ3n) is 5.34. The number of rotatable bonds is 5. The summed E-state index contributed by atoms with van der Waals surface area (Å²) < 4.78 is 7.49. The SMILES string of the molecule is CCOC(=O)C1=C(C)N=c2s/c(=C\c3ccc(N(C)C)cc3)c(=O)n2[C@@H]1c1ccccc1. The van der Waals surface area contributed by atoms with Crippen molar-refractivity contribution in [1.82, 2.24) is 4.57 Å². The first-order valence-electron chi connectivity index (χ1n) is 10.4. The molecular weight excluding hydrogens is 422 g/mol. The van der Waals surface area contributed by atoms with E-state index in [0.717, 1.165) is 16.8 Å². The van der Waals surface area contributed by atoms with Crippen LogP contribution in [-0.4, -0.2) is 31.2 Å². The van der Waals surface area contributed by atoms with Gasteiger partial charge < -0.3 is 9.64 Å². The summed E-state index contributed by atoms with van der Waals surface area (Å²) >= 11 is 1.33. The largest absolute Gasteiger partial charge is 0.463 e. The van der Waals surface area contributed by atoms with E-state index in [-0.39, 0.29) is 12.2 Å². The summed E-state index contributed by atoms with van der Waals surface area (Å²) in [6.07, 6.45) is 1.87. The highest BCUT2D eigenvalue weighted by atomic mass is 32.1. The number of esters is 1. The van der Waals surface area contributed by atoms with E-state index in [0.29, 0.717) is 20.6 Å². The molecule has 0 fully saturated rings. The Labute approximate surface area is 190 Å². The molecule has 0 bridgehead atoms. The van der Waals surface area contributed by atoms with Gasteiger partial charge in [-0.3, -0.25) is 9.36 Å². The Bertz CT molecular complexity index is 1350. The fraction of sp³-hybridized carbons (Fsp3) is 0.240. The van der Waals surface area contributed by atoms with Gasteiger partial charge in [-0.2, -0.15) is 0 Å². The van der Waals surface area contributed by atoms with Crippen molar-refractivity contribution in [1.29, 1.82) is 0 Å². The summed E-state index contributed by atoms with van der Waals surface area (Å²) in [5.74, 6) is -0.448. The monoisotopic (exact) mass is 447 g/mol. The highest BCUT2D eigenvalue weighted by molar-refractivity contribution is 7.07. The fourth-order valence-electron chi connectivity index (χ4n) is 3.76. The summed E-state index contributed by atoms with van der Waals surface area (Å²) in [4.78, 5) is 33.5. The van der Waals surface area contributed by atoms with E-state index < -0.39 is 12.0 Å². The molecule has 0 spiro atoms. The predicted octanol–water partition coefficient (Wildman–Crippen LogP) is 2.86. The number of ether oxygens (including phenoxy) is 1. The molecule has 0 aliphatic carbocycles. The third kappa shape index (κ3) is 4.03. The normalized spacial score (nSPS) is 15.9. The lowest BCUT2D eigenvalue weighted by atomic mass is 9.96. The van der Waals surface area contributed by atoms with E-state index in [2.05, 4.69) is 4.99 Å². The molecule has 2 heterocycles. The van der Waals surface area contributed by atoms with Crippen LogP contribution >= 0.6 is 11.3 Å². The van der Waals surface area contributed by atoms with Gasteiger partial charge >= 0.3 is 5.97 Å². The summed E-state index contributed by atoms with van der Waals surface area (Å²) in [6.45, 7) is 3.81. The number of fused-ring (bicyclic) bond motifs is 1. The Morgan fingerprint density at radius 1 is 1.16 bits per heavy atom. The lowest BCUT2D eigenvalue weighted by Crippen LogP contribution is -2.39. The number of thiazole rings is 1. The van der Waals surface area contributed by atoms with Crippen molar-refractivity contribution in [2.24, 2.45) is 4.99 Å². The first-order valence-corrected chi connectivity index (χ1v) is 11.2. The Morgan fingerprint density at radius 3 is 2.47 bits per heavy atom. The third-order valence-corrected chi connectivity index (χ3v) is 6.32. The maximum absolute atomic E-state index is 13.5. The Kier molecular flexibility index (Phi) is 6.10. The van der Waals surface area contributed by atoms with Crippen LogP contribution in [0.1, 0.15) is 31.0 Å². The second kappa shape index (κ2) is 8.96. The van der Waals surface area contributed by atoms with Crippen molar-refractivity contribution in [3.63, 3.8) is 0 Å². The molecule has 1 aromatic heterocycles. The molecule has 1 aliphatic heterocycles. The quantitative estimate of drug-likeness (QED) is 0.565. The number of nitrogens with zero attached hydrogens (tertiary/aromatic N) is 3. The summed E-state index contributed by atoms with van der Waals surface area (Å²) in [5.41, 5.74) is 3.65. The van der Waals surface area contributed by atoms with Gasteiger partial charge in [-0.1, -0.05) is 53.8 Å². The molecule has 0 saturated carbocycles. The second-order valence-corrected chi connectivity index (χ2v) is 8.71. The molecule has 0 radical (unpaired) electrons. The molecule has 7 heteroatoms. The number of anilines is 1. The van der Waals surface area contributed by atoms with Crippen LogP contribution in [0.3, 0.4) is 0 Å². The van der Waals surface area contributed by atoms with E-state index in [1.54, 1.807) is 18.4 Å². The molecule has 0 amide bonds. The second-order valence-electron chi connectivity index (χ2n) is 7.70. The zero-order chi connectivity index (χ0) is 22.8. The van der Waals surface area contributed by atoms with Crippen LogP contribution in [0, 0.1) is 0 Å². The molecule has 6 nitrogen and oxygen atoms in total. The van der Waals surface area contributed by atoms with Gasteiger partial charge in [-0.05, 0) is 43.2 Å². The van der Waals surface area contributed by atoms with Crippen molar-refractivity contribution in [3.8, 4) is 0 Å². The average molecular weight is 448 g/mol. The van der Waals surface area contributed by atoms with Crippen LogP contribution < -0.4 is 19.8 Å². The lowest BCUT2D eigenvalue weighted by molar-refractivity contribution is -0.139. The molecule has 164 valence electrons. The van der Waals surface area contributed by atoms with Crippen molar-refractivity contribution in [3.05, 3.63) is 96.7 Å². The van der Waals surface area contributed by atoms with Crippen LogP contribution in [0.5, 0.6) is 0 Å². The number of hydrogen-bond acceptors (Lipinski definition) is 6. The van der Waals surface area contributed by atoms with Crippen molar-refractivity contribution in [2.75, 3.05) is 25.6 Å². The molecular formula is C25H25N3O3S. The molecule has 4 rings (SSSR count). The van der Waals surface area contributed by atoms with Crippen LogP contribution in [0.25, 0.3) is 6.08 Å². The van der Waals surface area contributed by atoms with E-state index >= 15 is 0 Å². The maximum atomic E-state index is 13.5. The van der Waals surface area contributed by atoms with E-state index in [4.69, 9.17) is 4.74 Å². The topological polar surface area (TPSA) is 63.9 Å². The van der Waals surface area contributed by atoms with E-state index in [9.17, 15) is 9.59 Å². The Morgan fingerprint density at radius 2 is 1.84 bits per heavy atom. The van der Waals surface area contributed by atoms with Gasteiger partial charge in [0.2, 0.25) is 0 Å². The van der Waals surface area contributed by atoms with Gasteiger partial charge in [-0.15, -0.1) is 0 Å². The smallest absolute Gasteiger partial charge is 0.338 e. The first-order chi connectivity index (χ1) is 15.4. The average Bonchev–Trinajstić information content (AvgIpc) is 3.08. The minimum Gasteiger partial charge on any atom is -0.463 e. The number of carbonyl (C=O) groups excluding carboxylic acids is 1. The zero-order valence-corrected chi connectivity index (χ0v) is 19.3. The van der Waals surface area contributed by atoms with Crippen molar-refractivity contribution in [2.45, 2.75) is 19.9 Å². The van der Waals surface area contributed by atoms with Gasteiger partial charge in [0.25, 0.3) is 5.56 Å². The van der Waals surface area contributed by atoms with Crippen molar-refractivity contribution < 1.29 is 9.53 Å². The molecule has 0 unspecified atom stereocenters. The molecule has 0 N–H and O–H groups in total. The number of hydrogen-bond donors (Lipinski definition) is 0. The number of benzene rings is 2. The predicted molar refractivity (Wildman–Crippen MR) is 128 cm³/mol. The van der Waals surface area contributed by atoms with Crippen LogP contribution in [0.4, 0.5) is 5.69 Å². The molecule has 2 aromatic carbocycles. The minimum atomic E-state index is -0.579. The summed E-state index contributed by atoms with van der Waals surface area (Å²) in [6, 6.07) is 17.0. The number of carbonyl (C=O) groups is 1. The van der Waals surface area contributed by atoms with Crippen LogP contribution in [-0.2, 0) is 9.53 Å². The molecule has 3 aromatic rings. The van der Waals surface area contributed by atoms with E-state index in [1.807, 2.05) is 79.7 Å². The number of allylic oxidation sites excluding steroid dienone is 1. The standard InChI is InChI=1S/C25H25N3O3S/c1-5-31-24(30)21-16(2)26-25-28(22(21)18-9-7-6-8-10-18)23(29)20(32-25)15-17-11-13-19(14-12-17)27(3)4/h6-15,22H,5H2,1-4H3/b20-15-/t22-/m1/s1. The van der Waals surface area contributed by atoms with Gasteiger partial charge in [0, 0.05) is 19.8 Å². The minimum absolute atomic E-state index is 0.173. The molecule has 1 aliphatic rings. The number of aromatic nitrogens is 1. The van der Waals surface area contributed by atoms with E-state index in [1.165, 1.54) is 11.3 Å². The maximum Gasteiger partial charge on any atom is 0.338 e. The zero-order valence-electron chi connectivity index (χ0n) is 18.5. The van der Waals surface area contributed by atoms with Crippen LogP contribution in [0.2, 0.25) is 0 Å². The first kappa shape index (κ1) is 21.8. The van der Waals surface area contributed by atoms with Crippen LogP contribution in [0.15, 0.2) is 75.7 Å². The van der Waals surface area contributed by atoms with Gasteiger partial charge in [0.15, 0.2) is 4.80 Å². The molecule has 0 saturated heterocycles. The van der Waals surface area contributed by atoms with Gasteiger partial charge in [-0.25, -0.2) is 9.79 Å². The Hall–Kier alpha value is -3.45. The lowest BCUT2D eigenvalue weighted by Gasteiger charge is -2.24. The fourth-order valence-corrected chi connectivity index (χ4v) is 4.81. The highest BCUT2D eigenvalue weighted by Crippen LogP contribution is 2.30. The molecule has 1 atom stereocenters. The molecule has 32 heavy (non-hydrogen) atoms.